The van der Waals surface area contributed by atoms with E-state index >= 15 is 0 Å². The smallest absolute Gasteiger partial charge is 0.0242 e. The molecule has 0 aromatic heterocycles. The van der Waals surface area contributed by atoms with Crippen LogP contribution in [-0.2, 0) is 25.7 Å². The fraction of sp³-hybridized carbons (Fsp3) is 0.556. The van der Waals surface area contributed by atoms with Crippen LogP contribution < -0.4 is 0 Å². The summed E-state index contributed by atoms with van der Waals surface area (Å²) >= 11 is 0. The van der Waals surface area contributed by atoms with Crippen molar-refractivity contribution in [3.05, 3.63) is 70.8 Å². The predicted octanol–water partition coefficient (Wildman–Crippen LogP) is 7.78. The molecule has 0 saturated heterocycles. The van der Waals surface area contributed by atoms with Gasteiger partial charge in [0.1, 0.15) is 0 Å². The molecule has 0 heteroatoms. The van der Waals surface area contributed by atoms with Gasteiger partial charge in [-0.2, -0.15) is 0 Å². The SMILES string of the molecule is C.C.CC(C)C1CCc2ccccc2C1.CC(C)C1Cc2ccccc2C1. The molecule has 27 heavy (non-hydrogen) atoms. The van der Waals surface area contributed by atoms with Crippen molar-refractivity contribution < 1.29 is 0 Å². The van der Waals surface area contributed by atoms with Crippen LogP contribution in [0.1, 0.15) is 71.2 Å². The Morgan fingerprint density at radius 3 is 1.41 bits per heavy atom. The molecule has 0 radical (unpaired) electrons. The van der Waals surface area contributed by atoms with E-state index in [-0.39, 0.29) is 14.9 Å². The highest BCUT2D eigenvalue weighted by Crippen LogP contribution is 2.31. The zero-order valence-corrected chi connectivity index (χ0v) is 16.5. The van der Waals surface area contributed by atoms with Gasteiger partial charge in [-0.3, -0.25) is 0 Å². The van der Waals surface area contributed by atoms with Gasteiger partial charge in [0, 0.05) is 0 Å². The summed E-state index contributed by atoms with van der Waals surface area (Å²) in [6.07, 6.45) is 6.57. The Hall–Kier alpha value is -1.56. The first kappa shape index (κ1) is 23.5. The van der Waals surface area contributed by atoms with Gasteiger partial charge >= 0.3 is 0 Å². The summed E-state index contributed by atoms with van der Waals surface area (Å²) < 4.78 is 0. The summed E-state index contributed by atoms with van der Waals surface area (Å²) in [5.41, 5.74) is 6.33. The molecular weight excluding hydrogens is 324 g/mol. The highest BCUT2D eigenvalue weighted by molar-refractivity contribution is 5.32. The van der Waals surface area contributed by atoms with Crippen molar-refractivity contribution in [2.24, 2.45) is 23.7 Å². The molecule has 150 valence electrons. The third kappa shape index (κ3) is 5.96. The van der Waals surface area contributed by atoms with Crippen molar-refractivity contribution in [2.75, 3.05) is 0 Å². The molecule has 2 aliphatic rings. The second kappa shape index (κ2) is 10.7. The number of hydrogen-bond donors (Lipinski definition) is 0. The lowest BCUT2D eigenvalue weighted by molar-refractivity contribution is 0.343. The highest BCUT2D eigenvalue weighted by Gasteiger charge is 2.23. The van der Waals surface area contributed by atoms with E-state index in [9.17, 15) is 0 Å². The van der Waals surface area contributed by atoms with E-state index in [0.717, 1.165) is 23.7 Å². The largest absolute Gasteiger partial charge is 0.0776 e. The van der Waals surface area contributed by atoms with Gasteiger partial charge in [0.2, 0.25) is 0 Å². The van der Waals surface area contributed by atoms with Gasteiger partial charge in [-0.25, -0.2) is 0 Å². The summed E-state index contributed by atoms with van der Waals surface area (Å²) in [7, 11) is 0. The minimum Gasteiger partial charge on any atom is -0.0776 e. The molecule has 0 amide bonds. The molecule has 0 saturated carbocycles. The lowest BCUT2D eigenvalue weighted by atomic mass is 9.78. The van der Waals surface area contributed by atoms with Crippen LogP contribution in [0.2, 0.25) is 0 Å². The fourth-order valence-corrected chi connectivity index (χ4v) is 4.36. The Morgan fingerprint density at radius 1 is 0.593 bits per heavy atom. The van der Waals surface area contributed by atoms with E-state index in [1.807, 2.05) is 0 Å². The summed E-state index contributed by atoms with van der Waals surface area (Å²) in [4.78, 5) is 0. The van der Waals surface area contributed by atoms with E-state index in [1.54, 1.807) is 22.3 Å². The normalized spacial score (nSPS) is 17.9. The summed E-state index contributed by atoms with van der Waals surface area (Å²) in [5.74, 6) is 3.48. The molecule has 0 spiro atoms. The van der Waals surface area contributed by atoms with Crippen molar-refractivity contribution in [1.82, 2.24) is 0 Å². The fourth-order valence-electron chi connectivity index (χ4n) is 4.36. The van der Waals surface area contributed by atoms with Gasteiger partial charge in [0.05, 0.1) is 0 Å². The lowest BCUT2D eigenvalue weighted by Gasteiger charge is -2.27. The van der Waals surface area contributed by atoms with Crippen LogP contribution in [-0.4, -0.2) is 0 Å². The van der Waals surface area contributed by atoms with E-state index < -0.39 is 0 Å². The minimum absolute atomic E-state index is 0. The Labute approximate surface area is 169 Å². The average Bonchev–Trinajstić information content (AvgIpc) is 3.06. The van der Waals surface area contributed by atoms with Crippen LogP contribution in [0.5, 0.6) is 0 Å². The van der Waals surface area contributed by atoms with Gasteiger partial charge in [0.15, 0.2) is 0 Å². The zero-order valence-electron chi connectivity index (χ0n) is 16.5. The zero-order chi connectivity index (χ0) is 17.8. The molecule has 0 bridgehead atoms. The molecule has 0 nitrogen and oxygen atoms in total. The highest BCUT2D eigenvalue weighted by atomic mass is 14.3. The van der Waals surface area contributed by atoms with Crippen LogP contribution in [0.4, 0.5) is 0 Å². The maximum atomic E-state index is 2.35. The van der Waals surface area contributed by atoms with Gasteiger partial charge in [-0.05, 0) is 78.0 Å². The van der Waals surface area contributed by atoms with Crippen molar-refractivity contribution in [2.45, 2.75) is 74.7 Å². The Morgan fingerprint density at radius 2 is 0.963 bits per heavy atom. The standard InChI is InChI=1S/C13H18.C12H16.2CH4/c1-10(2)12-8-7-11-5-3-4-6-13(11)9-12;1-9(2)12-7-10-5-3-4-6-11(10)8-12;;/h3-6,10,12H,7-9H2,1-2H3;3-6,9,12H,7-8H2,1-2H3;2*1H4. The molecule has 1 unspecified atom stereocenters. The van der Waals surface area contributed by atoms with Gasteiger partial charge in [0.25, 0.3) is 0 Å². The average molecular weight is 367 g/mol. The summed E-state index contributed by atoms with van der Waals surface area (Å²) in [5, 5.41) is 0. The lowest BCUT2D eigenvalue weighted by Crippen LogP contribution is -2.18. The van der Waals surface area contributed by atoms with Gasteiger partial charge < -0.3 is 0 Å². The summed E-state index contributed by atoms with van der Waals surface area (Å²) in [6, 6.07) is 17.8. The van der Waals surface area contributed by atoms with Gasteiger partial charge in [-0.15, -0.1) is 0 Å². The predicted molar refractivity (Wildman–Crippen MR) is 122 cm³/mol. The quantitative estimate of drug-likeness (QED) is 0.509. The van der Waals surface area contributed by atoms with Crippen LogP contribution >= 0.6 is 0 Å². The molecule has 2 aliphatic carbocycles. The van der Waals surface area contributed by atoms with Crippen molar-refractivity contribution in [1.29, 1.82) is 0 Å². The van der Waals surface area contributed by atoms with Crippen LogP contribution in [0.15, 0.2) is 48.5 Å². The second-order valence-electron chi connectivity index (χ2n) is 8.70. The van der Waals surface area contributed by atoms with Crippen LogP contribution in [0.25, 0.3) is 0 Å². The van der Waals surface area contributed by atoms with Gasteiger partial charge in [-0.1, -0.05) is 91.1 Å². The molecule has 4 rings (SSSR count). The van der Waals surface area contributed by atoms with Crippen molar-refractivity contribution in [3.63, 3.8) is 0 Å². The van der Waals surface area contributed by atoms with Crippen LogP contribution in [0.3, 0.4) is 0 Å². The molecule has 0 heterocycles. The molecular formula is C27H42. The maximum absolute atomic E-state index is 2.35. The molecule has 0 fully saturated rings. The number of aryl methyl sites for hydroxylation is 1. The first-order chi connectivity index (χ1) is 12.0. The second-order valence-corrected chi connectivity index (χ2v) is 8.70. The Kier molecular flexibility index (Phi) is 9.30. The number of benzene rings is 2. The summed E-state index contributed by atoms with van der Waals surface area (Å²) in [6.45, 7) is 9.35. The molecule has 1 atom stereocenters. The first-order valence-corrected chi connectivity index (χ1v) is 10.2. The molecule has 2 aromatic rings. The van der Waals surface area contributed by atoms with Crippen molar-refractivity contribution in [3.8, 4) is 0 Å². The van der Waals surface area contributed by atoms with Crippen LogP contribution in [0, 0.1) is 23.7 Å². The molecule has 2 aromatic carbocycles. The monoisotopic (exact) mass is 366 g/mol. The Balaban J connectivity index is 0.000000252. The molecule has 0 N–H and O–H groups in total. The number of hydrogen-bond acceptors (Lipinski definition) is 0. The van der Waals surface area contributed by atoms with Crippen molar-refractivity contribution >= 4 is 0 Å². The number of rotatable bonds is 2. The maximum Gasteiger partial charge on any atom is -0.0242 e. The third-order valence-corrected chi connectivity index (χ3v) is 6.35. The topological polar surface area (TPSA) is 0 Å². The third-order valence-electron chi connectivity index (χ3n) is 6.35. The Bertz CT molecular complexity index is 655. The first-order valence-electron chi connectivity index (χ1n) is 10.2. The van der Waals surface area contributed by atoms with E-state index in [0.29, 0.717) is 0 Å². The van der Waals surface area contributed by atoms with E-state index in [2.05, 4.69) is 76.2 Å². The van der Waals surface area contributed by atoms with E-state index in [4.69, 9.17) is 0 Å². The molecule has 0 aliphatic heterocycles. The van der Waals surface area contributed by atoms with E-state index in [1.165, 1.54) is 32.1 Å². The minimum atomic E-state index is 0. The number of fused-ring (bicyclic) bond motifs is 2.